The molecule has 1 aliphatic heterocycles. The van der Waals surface area contributed by atoms with Gasteiger partial charge in [0.1, 0.15) is 11.5 Å². The van der Waals surface area contributed by atoms with E-state index in [2.05, 4.69) is 26.0 Å². The van der Waals surface area contributed by atoms with E-state index in [1.807, 2.05) is 30.1 Å². The average molecular weight is 560 g/mol. The van der Waals surface area contributed by atoms with Crippen molar-refractivity contribution in [1.29, 1.82) is 0 Å². The topological polar surface area (TPSA) is 49.3 Å². The molecule has 0 radical (unpaired) electrons. The van der Waals surface area contributed by atoms with Crippen molar-refractivity contribution >= 4 is 35.6 Å². The maximum atomic E-state index is 12.3. The first-order valence-electron chi connectivity index (χ1n) is 10.3. The lowest BCUT2D eigenvalue weighted by molar-refractivity contribution is -0.0498. The zero-order valence-electron chi connectivity index (χ0n) is 18.6. The second-order valence-corrected chi connectivity index (χ2v) is 7.58. The number of hydrogen-bond donors (Lipinski definition) is 1. The summed E-state index contributed by atoms with van der Waals surface area (Å²) < 4.78 is 34.5. The van der Waals surface area contributed by atoms with Crippen LogP contribution in [0.5, 0.6) is 11.5 Å². The fourth-order valence-electron chi connectivity index (χ4n) is 3.85. The monoisotopic (exact) mass is 560 g/mol. The van der Waals surface area contributed by atoms with E-state index in [0.717, 1.165) is 49.0 Å². The quantitative estimate of drug-likeness (QED) is 0.294. The van der Waals surface area contributed by atoms with Gasteiger partial charge in [-0.2, -0.15) is 8.78 Å². The predicted octanol–water partition coefficient (Wildman–Crippen LogP) is 4.45. The number of alkyl halides is 2. The third kappa shape index (κ3) is 7.11. The Morgan fingerprint density at radius 1 is 1.22 bits per heavy atom. The van der Waals surface area contributed by atoms with Gasteiger partial charge < -0.3 is 24.6 Å². The molecule has 9 heteroatoms. The Bertz CT molecular complexity index is 867. The largest absolute Gasteiger partial charge is 0.495 e. The highest BCUT2D eigenvalue weighted by atomic mass is 127. The van der Waals surface area contributed by atoms with Gasteiger partial charge in [0.15, 0.2) is 5.96 Å². The first-order chi connectivity index (χ1) is 15.0. The van der Waals surface area contributed by atoms with Crippen LogP contribution in [0.2, 0.25) is 0 Å². The van der Waals surface area contributed by atoms with E-state index in [0.29, 0.717) is 12.5 Å². The Labute approximate surface area is 205 Å². The summed E-state index contributed by atoms with van der Waals surface area (Å²) >= 11 is 0. The number of nitrogens with zero attached hydrogens (tertiary/aromatic N) is 3. The Balaban J connectivity index is 0.00000363. The lowest BCUT2D eigenvalue weighted by Crippen LogP contribution is -2.41. The molecule has 3 rings (SSSR count). The molecule has 0 saturated carbocycles. The zero-order valence-corrected chi connectivity index (χ0v) is 21.0. The van der Waals surface area contributed by atoms with Crippen LogP contribution in [-0.2, 0) is 6.54 Å². The normalized spacial score (nSPS) is 16.0. The molecule has 2 aromatic rings. The van der Waals surface area contributed by atoms with Gasteiger partial charge in [-0.1, -0.05) is 24.3 Å². The average Bonchev–Trinajstić information content (AvgIpc) is 3.24. The number of aliphatic imine (C=N–C) groups is 1. The summed E-state index contributed by atoms with van der Waals surface area (Å²) in [6.45, 7) is 0.565. The number of ether oxygens (including phenoxy) is 2. The van der Waals surface area contributed by atoms with Gasteiger partial charge in [0.05, 0.1) is 12.8 Å². The molecule has 1 heterocycles. The standard InChI is InChI=1S/C23H30F2N4O2.HI/c1-26-23(28(2)15-17-8-10-19(11-9-17)31-22(24)25)27-14-18-12-13-29(16-18)20-6-4-5-7-21(20)30-3;/h4-11,18,22H,12-16H2,1-3H3,(H,26,27);1H. The molecule has 6 nitrogen and oxygen atoms in total. The van der Waals surface area contributed by atoms with Crippen LogP contribution in [0, 0.1) is 5.92 Å². The molecule has 32 heavy (non-hydrogen) atoms. The first-order valence-corrected chi connectivity index (χ1v) is 10.3. The Hall–Kier alpha value is -2.30. The molecule has 0 bridgehead atoms. The maximum absolute atomic E-state index is 12.3. The number of guanidine groups is 1. The Morgan fingerprint density at radius 3 is 2.59 bits per heavy atom. The van der Waals surface area contributed by atoms with Gasteiger partial charge in [-0.3, -0.25) is 4.99 Å². The molecule has 1 unspecified atom stereocenters. The Morgan fingerprint density at radius 2 is 1.94 bits per heavy atom. The van der Waals surface area contributed by atoms with Crippen LogP contribution >= 0.6 is 24.0 Å². The summed E-state index contributed by atoms with van der Waals surface area (Å²) in [5.74, 6) is 2.35. The third-order valence-corrected chi connectivity index (χ3v) is 5.40. The van der Waals surface area contributed by atoms with Crippen LogP contribution < -0.4 is 19.7 Å². The van der Waals surface area contributed by atoms with E-state index in [1.165, 1.54) is 0 Å². The highest BCUT2D eigenvalue weighted by molar-refractivity contribution is 14.0. The van der Waals surface area contributed by atoms with Crippen molar-refractivity contribution in [3.8, 4) is 11.5 Å². The number of rotatable bonds is 8. The molecular weight excluding hydrogens is 529 g/mol. The maximum Gasteiger partial charge on any atom is 0.387 e. The smallest absolute Gasteiger partial charge is 0.387 e. The summed E-state index contributed by atoms with van der Waals surface area (Å²) in [7, 11) is 5.41. The fraction of sp³-hybridized carbons (Fsp3) is 0.435. The molecule has 0 aliphatic carbocycles. The van der Waals surface area contributed by atoms with Crippen molar-refractivity contribution in [2.45, 2.75) is 19.6 Å². The second kappa shape index (κ2) is 12.7. The minimum atomic E-state index is -2.81. The lowest BCUT2D eigenvalue weighted by Gasteiger charge is -2.24. The molecule has 0 aromatic heterocycles. The van der Waals surface area contributed by atoms with E-state index in [-0.39, 0.29) is 29.7 Å². The second-order valence-electron chi connectivity index (χ2n) is 7.58. The van der Waals surface area contributed by atoms with E-state index < -0.39 is 6.61 Å². The van der Waals surface area contributed by atoms with Gasteiger partial charge >= 0.3 is 6.61 Å². The van der Waals surface area contributed by atoms with Crippen LogP contribution in [0.1, 0.15) is 12.0 Å². The fourth-order valence-corrected chi connectivity index (χ4v) is 3.85. The van der Waals surface area contributed by atoms with Crippen molar-refractivity contribution in [3.05, 3.63) is 54.1 Å². The number of methoxy groups -OCH3 is 1. The minimum absolute atomic E-state index is 0. The summed E-state index contributed by atoms with van der Waals surface area (Å²) in [6, 6.07) is 14.8. The zero-order chi connectivity index (χ0) is 22.2. The van der Waals surface area contributed by atoms with Crippen molar-refractivity contribution in [1.82, 2.24) is 10.2 Å². The number of nitrogens with one attached hydrogen (secondary N) is 1. The van der Waals surface area contributed by atoms with Gasteiger partial charge in [-0.05, 0) is 42.2 Å². The number of anilines is 1. The van der Waals surface area contributed by atoms with Crippen LogP contribution in [0.4, 0.5) is 14.5 Å². The van der Waals surface area contributed by atoms with E-state index in [4.69, 9.17) is 4.74 Å². The molecule has 0 spiro atoms. The molecule has 1 N–H and O–H groups in total. The molecule has 176 valence electrons. The molecule has 1 saturated heterocycles. The van der Waals surface area contributed by atoms with Gasteiger partial charge in [0, 0.05) is 40.3 Å². The molecular formula is C23H31F2IN4O2. The minimum Gasteiger partial charge on any atom is -0.495 e. The number of benzene rings is 2. The highest BCUT2D eigenvalue weighted by Crippen LogP contribution is 2.31. The van der Waals surface area contributed by atoms with Gasteiger partial charge in [-0.25, -0.2) is 0 Å². The summed E-state index contributed by atoms with van der Waals surface area (Å²) in [5.41, 5.74) is 2.11. The summed E-state index contributed by atoms with van der Waals surface area (Å²) in [6.07, 6.45) is 1.09. The van der Waals surface area contributed by atoms with Gasteiger partial charge in [-0.15, -0.1) is 24.0 Å². The first kappa shape index (κ1) is 26.0. The molecule has 0 amide bonds. The molecule has 2 aromatic carbocycles. The molecule has 1 aliphatic rings. The number of hydrogen-bond acceptors (Lipinski definition) is 4. The summed E-state index contributed by atoms with van der Waals surface area (Å²) in [5, 5.41) is 3.46. The van der Waals surface area contributed by atoms with Crippen LogP contribution in [0.3, 0.4) is 0 Å². The van der Waals surface area contributed by atoms with Crippen molar-refractivity contribution in [2.24, 2.45) is 10.9 Å². The molecule has 1 atom stereocenters. The Kier molecular flexibility index (Phi) is 10.3. The van der Waals surface area contributed by atoms with Gasteiger partial charge in [0.2, 0.25) is 0 Å². The van der Waals surface area contributed by atoms with Crippen molar-refractivity contribution in [2.75, 3.05) is 45.7 Å². The van der Waals surface area contributed by atoms with E-state index in [1.54, 1.807) is 38.4 Å². The lowest BCUT2D eigenvalue weighted by atomic mass is 10.1. The summed E-state index contributed by atoms with van der Waals surface area (Å²) in [4.78, 5) is 8.75. The van der Waals surface area contributed by atoms with Crippen LogP contribution in [0.15, 0.2) is 53.5 Å². The van der Waals surface area contributed by atoms with Gasteiger partial charge in [0.25, 0.3) is 0 Å². The SMILES string of the molecule is CN=C(NCC1CCN(c2ccccc2OC)C1)N(C)Cc1ccc(OC(F)F)cc1.I. The predicted molar refractivity (Wildman–Crippen MR) is 135 cm³/mol. The third-order valence-electron chi connectivity index (χ3n) is 5.40. The number of para-hydroxylation sites is 2. The van der Waals surface area contributed by atoms with Crippen molar-refractivity contribution < 1.29 is 18.3 Å². The van der Waals surface area contributed by atoms with Crippen LogP contribution in [-0.4, -0.2) is 58.3 Å². The number of halogens is 3. The van der Waals surface area contributed by atoms with E-state index >= 15 is 0 Å². The van der Waals surface area contributed by atoms with E-state index in [9.17, 15) is 8.78 Å². The van der Waals surface area contributed by atoms with Crippen LogP contribution in [0.25, 0.3) is 0 Å². The van der Waals surface area contributed by atoms with Crippen molar-refractivity contribution in [3.63, 3.8) is 0 Å². The molecule has 1 fully saturated rings. The highest BCUT2D eigenvalue weighted by Gasteiger charge is 2.25.